The van der Waals surface area contributed by atoms with Crippen molar-refractivity contribution in [1.29, 1.82) is 0 Å². The maximum Gasteiger partial charge on any atom is 0.319 e. The lowest BCUT2D eigenvalue weighted by atomic mass is 9.74. The van der Waals surface area contributed by atoms with Gasteiger partial charge in [-0.1, -0.05) is 18.4 Å². The summed E-state index contributed by atoms with van der Waals surface area (Å²) < 4.78 is 56.6. The highest BCUT2D eigenvalue weighted by molar-refractivity contribution is 6.03. The van der Waals surface area contributed by atoms with Gasteiger partial charge in [0, 0.05) is 35.1 Å². The molecule has 3 unspecified atom stereocenters. The lowest BCUT2D eigenvalue weighted by Gasteiger charge is -2.50. The van der Waals surface area contributed by atoms with E-state index in [0.29, 0.717) is 43.0 Å². The zero-order valence-electron chi connectivity index (χ0n) is 29.7. The molecule has 11 nitrogen and oxygen atoms in total. The van der Waals surface area contributed by atoms with Crippen LogP contribution in [0.5, 0.6) is 11.8 Å². The summed E-state index contributed by atoms with van der Waals surface area (Å²) in [6, 6.07) is 5.95. The number of ether oxygens (including phenoxy) is 4. The van der Waals surface area contributed by atoms with Gasteiger partial charge in [0.2, 0.25) is 0 Å². The average Bonchev–Trinajstić information content (AvgIpc) is 3.70. The van der Waals surface area contributed by atoms with Crippen molar-refractivity contribution in [3.05, 3.63) is 47.7 Å². The van der Waals surface area contributed by atoms with Crippen LogP contribution in [0.25, 0.3) is 32.9 Å². The summed E-state index contributed by atoms with van der Waals surface area (Å²) in [6.07, 6.45) is 14.3. The van der Waals surface area contributed by atoms with Gasteiger partial charge in [0.25, 0.3) is 0 Å². The predicted molar refractivity (Wildman–Crippen MR) is 193 cm³/mol. The fraction of sp³-hybridized carbons (Fsp3) is 0.525. The number of phenolic OH excluding ortho intramolecular Hbond substituents is 1. The minimum atomic E-state index is -1.20. The van der Waals surface area contributed by atoms with Gasteiger partial charge in [0.05, 0.1) is 56.1 Å². The zero-order chi connectivity index (χ0) is 36.5. The molecular formula is C40H43F2N5O6. The van der Waals surface area contributed by atoms with E-state index in [0.717, 1.165) is 51.5 Å². The Kier molecular flexibility index (Phi) is 8.66. The van der Waals surface area contributed by atoms with E-state index in [1.165, 1.54) is 30.5 Å². The molecular weight excluding hydrogens is 684 g/mol. The molecule has 13 heteroatoms. The highest BCUT2D eigenvalue weighted by Gasteiger charge is 2.53. The summed E-state index contributed by atoms with van der Waals surface area (Å²) in [5, 5.41) is 22.7. The number of nitrogens with zero attached hydrogens (tertiary/aromatic N) is 5. The van der Waals surface area contributed by atoms with E-state index in [-0.39, 0.29) is 82.5 Å². The Morgan fingerprint density at radius 3 is 2.85 bits per heavy atom. The normalized spacial score (nSPS) is 30.4. The molecule has 0 spiro atoms. The standard InChI is InChI=1S/C40H43F2N5O6/c1-3-26-29(41)9-7-23-16-24(48)17-27(32(23)26)34-33(42)35-28(18-43-34)36(46-14-15-50-21-39(2,49)20-46)45-38(44-35)52-22-40-11-4-6-31(40)47(13-5-12-40)30-10-8-25-19-51-37(30)53-25/h1,7,9,16-18,25,30-31,37,48-49H,4-6,8,10-15,19-22H2,2H3/t25-,30?,31?,37+,39-,40?/m0/s1. The quantitative estimate of drug-likeness (QED) is 0.251. The molecule has 5 fully saturated rings. The number of aliphatic hydroxyl groups is 1. The number of rotatable bonds is 6. The highest BCUT2D eigenvalue weighted by Crippen LogP contribution is 2.50. The van der Waals surface area contributed by atoms with Crippen LogP contribution < -0.4 is 9.64 Å². The van der Waals surface area contributed by atoms with Crippen LogP contribution in [0.4, 0.5) is 14.6 Å². The van der Waals surface area contributed by atoms with Crippen LogP contribution in [0.3, 0.4) is 0 Å². The number of terminal acetylenes is 1. The maximum atomic E-state index is 17.1. The Bertz CT molecular complexity index is 2130. The lowest BCUT2D eigenvalue weighted by molar-refractivity contribution is -0.157. The van der Waals surface area contributed by atoms with E-state index < -0.39 is 17.2 Å². The molecule has 2 aromatic carbocycles. The molecule has 4 aliphatic heterocycles. The number of likely N-dealkylation sites (tertiary alicyclic amines) is 1. The van der Waals surface area contributed by atoms with Gasteiger partial charge in [0.15, 0.2) is 12.1 Å². The minimum Gasteiger partial charge on any atom is -0.508 e. The van der Waals surface area contributed by atoms with Crippen molar-refractivity contribution in [2.24, 2.45) is 5.41 Å². The van der Waals surface area contributed by atoms with Gasteiger partial charge >= 0.3 is 6.01 Å². The van der Waals surface area contributed by atoms with E-state index in [4.69, 9.17) is 30.4 Å². The minimum absolute atomic E-state index is 0.00426. The highest BCUT2D eigenvalue weighted by atomic mass is 19.1. The topological polar surface area (TPSA) is 123 Å². The largest absolute Gasteiger partial charge is 0.508 e. The first-order valence-corrected chi connectivity index (χ1v) is 18.6. The molecule has 1 saturated carbocycles. The molecule has 2 bridgehead atoms. The van der Waals surface area contributed by atoms with Crippen molar-refractivity contribution in [3.8, 4) is 35.4 Å². The molecule has 6 atom stereocenters. The summed E-state index contributed by atoms with van der Waals surface area (Å²) in [4.78, 5) is 18.5. The molecule has 278 valence electrons. The number of phenols is 1. The van der Waals surface area contributed by atoms with E-state index in [2.05, 4.69) is 20.8 Å². The second-order valence-corrected chi connectivity index (χ2v) is 15.6. The molecule has 6 heterocycles. The number of pyridine rings is 1. The second kappa shape index (κ2) is 13.3. The Morgan fingerprint density at radius 2 is 1.98 bits per heavy atom. The maximum absolute atomic E-state index is 17.1. The van der Waals surface area contributed by atoms with Crippen LogP contribution in [-0.2, 0) is 14.2 Å². The van der Waals surface area contributed by atoms with Crippen molar-refractivity contribution in [1.82, 2.24) is 19.9 Å². The van der Waals surface area contributed by atoms with E-state index in [9.17, 15) is 14.6 Å². The van der Waals surface area contributed by atoms with Gasteiger partial charge in [-0.25, -0.2) is 8.78 Å². The molecule has 53 heavy (non-hydrogen) atoms. The van der Waals surface area contributed by atoms with Crippen LogP contribution in [0, 0.1) is 29.4 Å². The molecule has 2 N–H and O–H groups in total. The number of piperidine rings is 1. The number of β-amino-alcohol motifs (C(OH)–C–C–N with tert-alkyl or cyclic N) is 1. The summed E-state index contributed by atoms with van der Waals surface area (Å²) in [6.45, 7) is 4.66. The average molecular weight is 728 g/mol. The molecule has 1 aliphatic carbocycles. The van der Waals surface area contributed by atoms with Gasteiger partial charge < -0.3 is 34.1 Å². The number of anilines is 1. The third-order valence-electron chi connectivity index (χ3n) is 12.0. The predicted octanol–water partition coefficient (Wildman–Crippen LogP) is 5.32. The molecule has 0 radical (unpaired) electrons. The van der Waals surface area contributed by atoms with Crippen molar-refractivity contribution in [3.63, 3.8) is 0 Å². The van der Waals surface area contributed by atoms with Gasteiger partial charge in [-0.05, 0) is 75.6 Å². The van der Waals surface area contributed by atoms with Gasteiger partial charge in [-0.3, -0.25) is 9.88 Å². The molecule has 4 aromatic rings. The van der Waals surface area contributed by atoms with Crippen LogP contribution in [0.1, 0.15) is 57.4 Å². The number of benzene rings is 2. The van der Waals surface area contributed by atoms with E-state index in [1.54, 1.807) is 6.92 Å². The number of hydrogen-bond donors (Lipinski definition) is 2. The number of halogens is 2. The van der Waals surface area contributed by atoms with Crippen LogP contribution >= 0.6 is 0 Å². The molecule has 0 amide bonds. The fourth-order valence-corrected chi connectivity index (χ4v) is 9.63. The summed E-state index contributed by atoms with van der Waals surface area (Å²) >= 11 is 0. The van der Waals surface area contributed by atoms with Crippen LogP contribution in [0.15, 0.2) is 30.5 Å². The Morgan fingerprint density at radius 1 is 1.11 bits per heavy atom. The van der Waals surface area contributed by atoms with Gasteiger partial charge in [0.1, 0.15) is 34.2 Å². The first-order valence-electron chi connectivity index (χ1n) is 18.6. The summed E-state index contributed by atoms with van der Waals surface area (Å²) in [5.41, 5.74) is -1.52. The second-order valence-electron chi connectivity index (χ2n) is 15.6. The fourth-order valence-electron chi connectivity index (χ4n) is 9.63. The van der Waals surface area contributed by atoms with Gasteiger partial charge in [-0.15, -0.1) is 6.42 Å². The zero-order valence-corrected chi connectivity index (χ0v) is 29.7. The van der Waals surface area contributed by atoms with Gasteiger partial charge in [-0.2, -0.15) is 9.97 Å². The van der Waals surface area contributed by atoms with Crippen molar-refractivity contribution < 1.29 is 37.9 Å². The summed E-state index contributed by atoms with van der Waals surface area (Å²) in [7, 11) is 0. The number of aromatic nitrogens is 3. The van der Waals surface area contributed by atoms with Crippen molar-refractivity contribution >= 4 is 27.5 Å². The molecule has 5 aliphatic rings. The number of aromatic hydroxyl groups is 1. The number of hydrogen-bond acceptors (Lipinski definition) is 11. The Labute approximate surface area is 306 Å². The smallest absolute Gasteiger partial charge is 0.319 e. The third-order valence-corrected chi connectivity index (χ3v) is 12.0. The molecule has 2 aromatic heterocycles. The number of fused-ring (bicyclic) bond motifs is 5. The summed E-state index contributed by atoms with van der Waals surface area (Å²) in [5.74, 6) is 1.12. The Balaban J connectivity index is 1.12. The lowest BCUT2D eigenvalue weighted by Crippen LogP contribution is -2.59. The van der Waals surface area contributed by atoms with Crippen molar-refractivity contribution in [2.45, 2.75) is 81.9 Å². The first-order chi connectivity index (χ1) is 25.6. The molecule has 9 rings (SSSR count). The van der Waals surface area contributed by atoms with Crippen molar-refractivity contribution in [2.75, 3.05) is 51.0 Å². The van der Waals surface area contributed by atoms with E-state index >= 15 is 4.39 Å². The molecule has 4 saturated heterocycles. The van der Waals surface area contributed by atoms with Crippen LogP contribution in [-0.4, -0.2) is 106 Å². The SMILES string of the molecule is C#Cc1c(F)ccc2cc(O)cc(-c3ncc4c(N5CCOC[C@@](C)(O)C5)nc(OCC56CCCC5N(C5CC[C@H]7CO[C@@H]5O7)CCC6)nc4c3F)c12. The Hall–Kier alpha value is -4.19. The third kappa shape index (κ3) is 6.05. The monoisotopic (exact) mass is 727 g/mol. The van der Waals surface area contributed by atoms with Crippen LogP contribution in [0.2, 0.25) is 0 Å². The van der Waals surface area contributed by atoms with E-state index in [1.807, 2.05) is 4.90 Å². The first kappa shape index (κ1) is 34.6.